The number of ether oxygens (including phenoxy) is 1. The first-order chi connectivity index (χ1) is 7.65. The summed E-state index contributed by atoms with van der Waals surface area (Å²) < 4.78 is 18.1. The van der Waals surface area contributed by atoms with Crippen LogP contribution in [0, 0.1) is 5.82 Å². The van der Waals surface area contributed by atoms with Gasteiger partial charge in [-0.3, -0.25) is 4.79 Å². The molecule has 0 fully saturated rings. The lowest BCUT2D eigenvalue weighted by molar-refractivity contribution is -0.133. The topological polar surface area (TPSA) is 42.1 Å². The predicted molar refractivity (Wildman–Crippen MR) is 58.8 cm³/mol. The minimum atomic E-state index is -0.492. The van der Waals surface area contributed by atoms with E-state index in [1.165, 1.54) is 6.07 Å². The Labute approximate surface area is 96.2 Å². The molecule has 3 nitrogen and oxygen atoms in total. The molecule has 0 saturated heterocycles. The number of halogens is 2. The molecule has 1 unspecified atom stereocenters. The zero-order valence-corrected chi connectivity index (χ0v) is 9.22. The molecule has 0 radical (unpaired) electrons. The Morgan fingerprint density at radius 2 is 2.31 bits per heavy atom. The Balaban J connectivity index is 2.62. The highest BCUT2D eigenvalue weighted by atomic mass is 35.5. The zero-order valence-electron chi connectivity index (χ0n) is 8.46. The van der Waals surface area contributed by atoms with Gasteiger partial charge in [0, 0.05) is 22.7 Å². The van der Waals surface area contributed by atoms with Gasteiger partial charge in [-0.1, -0.05) is 11.6 Å². The quantitative estimate of drug-likeness (QED) is 0.839. The maximum Gasteiger partial charge on any atom is 0.293 e. The van der Waals surface area contributed by atoms with Crippen LogP contribution in [0.4, 0.5) is 4.39 Å². The number of aromatic nitrogens is 1. The average molecular weight is 242 g/mol. The Bertz CT molecular complexity index is 538. The van der Waals surface area contributed by atoms with Crippen molar-refractivity contribution in [3.63, 3.8) is 0 Å². The predicted octanol–water partition coefficient (Wildman–Crippen LogP) is 3.19. The molecule has 0 aliphatic carbocycles. The fourth-order valence-corrected chi connectivity index (χ4v) is 1.93. The summed E-state index contributed by atoms with van der Waals surface area (Å²) in [5.74, 6) is -0.492. The van der Waals surface area contributed by atoms with E-state index in [0.717, 1.165) is 0 Å². The van der Waals surface area contributed by atoms with E-state index in [1.807, 2.05) is 0 Å². The molecule has 0 saturated carbocycles. The molecule has 0 spiro atoms. The second-order valence-corrected chi connectivity index (χ2v) is 3.78. The van der Waals surface area contributed by atoms with Crippen LogP contribution in [-0.4, -0.2) is 11.5 Å². The molecule has 5 heteroatoms. The lowest BCUT2D eigenvalue weighted by atomic mass is 10.1. The molecule has 1 heterocycles. The number of hydrogen-bond donors (Lipinski definition) is 1. The summed E-state index contributed by atoms with van der Waals surface area (Å²) in [6.07, 6.45) is 1.19. The first-order valence-electron chi connectivity index (χ1n) is 4.69. The number of rotatable bonds is 3. The van der Waals surface area contributed by atoms with Crippen molar-refractivity contribution in [2.45, 2.75) is 13.0 Å². The highest BCUT2D eigenvalue weighted by Gasteiger charge is 2.16. The largest absolute Gasteiger partial charge is 0.460 e. The van der Waals surface area contributed by atoms with E-state index >= 15 is 0 Å². The van der Waals surface area contributed by atoms with Crippen molar-refractivity contribution in [3.05, 3.63) is 34.7 Å². The van der Waals surface area contributed by atoms with Crippen molar-refractivity contribution in [3.8, 4) is 0 Å². The number of carbonyl (C=O) groups is 1. The second kappa shape index (κ2) is 4.14. The van der Waals surface area contributed by atoms with Gasteiger partial charge in [0.1, 0.15) is 11.9 Å². The van der Waals surface area contributed by atoms with Gasteiger partial charge in [-0.05, 0) is 19.1 Å². The third-order valence-corrected chi connectivity index (χ3v) is 2.83. The van der Waals surface area contributed by atoms with Gasteiger partial charge in [-0.2, -0.15) is 0 Å². The molecule has 1 aromatic carbocycles. The van der Waals surface area contributed by atoms with Crippen molar-refractivity contribution in [2.24, 2.45) is 0 Å². The lowest BCUT2D eigenvalue weighted by Gasteiger charge is -2.08. The minimum Gasteiger partial charge on any atom is -0.460 e. The van der Waals surface area contributed by atoms with Crippen molar-refractivity contribution in [2.75, 3.05) is 0 Å². The Hall–Kier alpha value is -1.55. The number of aromatic amines is 1. The Morgan fingerprint density at radius 1 is 1.56 bits per heavy atom. The summed E-state index contributed by atoms with van der Waals surface area (Å²) in [7, 11) is 0. The Kier molecular flexibility index (Phi) is 2.83. The average Bonchev–Trinajstić information content (AvgIpc) is 2.68. The van der Waals surface area contributed by atoms with Crippen molar-refractivity contribution in [1.82, 2.24) is 4.98 Å². The minimum absolute atomic E-state index is 0.0371. The van der Waals surface area contributed by atoms with E-state index in [0.29, 0.717) is 22.9 Å². The summed E-state index contributed by atoms with van der Waals surface area (Å²) >= 11 is 5.88. The molecular weight excluding hydrogens is 233 g/mol. The summed E-state index contributed by atoms with van der Waals surface area (Å²) in [6, 6.07) is 2.88. The van der Waals surface area contributed by atoms with Gasteiger partial charge in [-0.25, -0.2) is 4.39 Å². The van der Waals surface area contributed by atoms with E-state index < -0.39 is 11.9 Å². The summed E-state index contributed by atoms with van der Waals surface area (Å²) in [5, 5.41) is 0.589. The van der Waals surface area contributed by atoms with Crippen LogP contribution in [0.3, 0.4) is 0 Å². The van der Waals surface area contributed by atoms with Crippen LogP contribution in [0.15, 0.2) is 18.3 Å². The van der Waals surface area contributed by atoms with Crippen LogP contribution in [-0.2, 0) is 9.53 Å². The van der Waals surface area contributed by atoms with Gasteiger partial charge in [-0.15, -0.1) is 0 Å². The number of H-pyrrole nitrogens is 1. The number of nitrogens with one attached hydrogen (secondary N) is 1. The fraction of sp³-hybridized carbons (Fsp3) is 0.182. The maximum atomic E-state index is 13.3. The first-order valence-corrected chi connectivity index (χ1v) is 5.07. The van der Waals surface area contributed by atoms with Crippen LogP contribution in [0.5, 0.6) is 0 Å². The monoisotopic (exact) mass is 241 g/mol. The van der Waals surface area contributed by atoms with E-state index in [1.54, 1.807) is 19.2 Å². The molecule has 0 bridgehead atoms. The molecule has 2 rings (SSSR count). The molecule has 2 aromatic rings. The van der Waals surface area contributed by atoms with Crippen molar-refractivity contribution >= 4 is 29.0 Å². The number of carbonyl (C=O) groups excluding carboxylic acids is 1. The molecule has 0 aliphatic rings. The van der Waals surface area contributed by atoms with Gasteiger partial charge < -0.3 is 9.72 Å². The third kappa shape index (κ3) is 1.65. The van der Waals surface area contributed by atoms with E-state index in [9.17, 15) is 9.18 Å². The normalized spacial score (nSPS) is 12.7. The van der Waals surface area contributed by atoms with Crippen LogP contribution < -0.4 is 0 Å². The van der Waals surface area contributed by atoms with Gasteiger partial charge >= 0.3 is 0 Å². The van der Waals surface area contributed by atoms with Gasteiger partial charge in [0.15, 0.2) is 0 Å². The fourth-order valence-electron chi connectivity index (χ4n) is 1.66. The smallest absolute Gasteiger partial charge is 0.293 e. The number of benzene rings is 1. The SMILES string of the molecule is CC(OC=O)c1c[nH]c2ccc(F)c(Cl)c12. The summed E-state index contributed by atoms with van der Waals surface area (Å²) in [5.41, 5.74) is 1.37. The standard InChI is InChI=1S/C11H9ClFNO2/c1-6(16-5-15)7-4-14-9-3-2-8(13)11(12)10(7)9/h2-6,14H,1H3. The van der Waals surface area contributed by atoms with Crippen LogP contribution in [0.2, 0.25) is 5.02 Å². The molecule has 0 amide bonds. The molecule has 1 N–H and O–H groups in total. The highest BCUT2D eigenvalue weighted by Crippen LogP contribution is 2.33. The van der Waals surface area contributed by atoms with Crippen LogP contribution in [0.1, 0.15) is 18.6 Å². The second-order valence-electron chi connectivity index (χ2n) is 3.40. The number of hydrogen-bond acceptors (Lipinski definition) is 2. The van der Waals surface area contributed by atoms with Gasteiger partial charge in [0.2, 0.25) is 0 Å². The molecule has 0 aliphatic heterocycles. The zero-order chi connectivity index (χ0) is 11.7. The summed E-state index contributed by atoms with van der Waals surface area (Å²) in [6.45, 7) is 2.05. The highest BCUT2D eigenvalue weighted by molar-refractivity contribution is 6.35. The molecule has 1 aromatic heterocycles. The molecule has 16 heavy (non-hydrogen) atoms. The van der Waals surface area contributed by atoms with E-state index in [2.05, 4.69) is 4.98 Å². The van der Waals surface area contributed by atoms with Crippen LogP contribution >= 0.6 is 11.6 Å². The van der Waals surface area contributed by atoms with Crippen LogP contribution in [0.25, 0.3) is 10.9 Å². The van der Waals surface area contributed by atoms with Crippen molar-refractivity contribution in [1.29, 1.82) is 0 Å². The molecular formula is C11H9ClFNO2. The van der Waals surface area contributed by atoms with Gasteiger partial charge in [0.25, 0.3) is 6.47 Å². The molecule has 84 valence electrons. The van der Waals surface area contributed by atoms with E-state index in [4.69, 9.17) is 16.3 Å². The Morgan fingerprint density at radius 3 is 3.00 bits per heavy atom. The summed E-state index contributed by atoms with van der Waals surface area (Å²) in [4.78, 5) is 13.2. The first kappa shape index (κ1) is 11.0. The number of fused-ring (bicyclic) bond motifs is 1. The third-order valence-electron chi connectivity index (χ3n) is 2.46. The van der Waals surface area contributed by atoms with Gasteiger partial charge in [0.05, 0.1) is 5.02 Å². The molecule has 1 atom stereocenters. The maximum absolute atomic E-state index is 13.3. The van der Waals surface area contributed by atoms with E-state index in [-0.39, 0.29) is 5.02 Å². The lowest BCUT2D eigenvalue weighted by Crippen LogP contribution is -1.97. The van der Waals surface area contributed by atoms with Crippen molar-refractivity contribution < 1.29 is 13.9 Å².